The summed E-state index contributed by atoms with van der Waals surface area (Å²) in [7, 11) is -2.98. The fourth-order valence-electron chi connectivity index (χ4n) is 2.01. The van der Waals surface area contributed by atoms with E-state index in [1.54, 1.807) is 0 Å². The average Bonchev–Trinajstić information content (AvgIpc) is 2.37. The fraction of sp³-hybridized carbons (Fsp3) is 0.750. The second-order valence-electron chi connectivity index (χ2n) is 5.05. The van der Waals surface area contributed by atoms with Gasteiger partial charge in [0, 0.05) is 18.9 Å². The molecule has 0 spiro atoms. The van der Waals surface area contributed by atoms with Crippen LogP contribution in [0.4, 0.5) is 4.79 Å². The van der Waals surface area contributed by atoms with Gasteiger partial charge in [-0.15, -0.1) is 0 Å². The van der Waals surface area contributed by atoms with Gasteiger partial charge in [-0.05, 0) is 25.7 Å². The number of aliphatic carboxylic acids is 1. The van der Waals surface area contributed by atoms with Crippen molar-refractivity contribution in [2.75, 3.05) is 11.5 Å². The van der Waals surface area contributed by atoms with Crippen molar-refractivity contribution in [1.29, 1.82) is 0 Å². The van der Waals surface area contributed by atoms with Crippen molar-refractivity contribution < 1.29 is 27.9 Å². The van der Waals surface area contributed by atoms with Crippen LogP contribution in [-0.4, -0.2) is 49.0 Å². The molecule has 3 N–H and O–H groups in total. The van der Waals surface area contributed by atoms with E-state index in [-0.39, 0.29) is 30.4 Å². The van der Waals surface area contributed by atoms with Crippen LogP contribution in [0, 0.1) is 0 Å². The Morgan fingerprint density at radius 3 is 2.19 bits per heavy atom. The first kappa shape index (κ1) is 17.4. The molecule has 1 aliphatic heterocycles. The molecule has 0 radical (unpaired) electrons. The summed E-state index contributed by atoms with van der Waals surface area (Å²) in [4.78, 5) is 33.2. The molecule has 0 atom stereocenters. The Morgan fingerprint density at radius 2 is 1.62 bits per heavy atom. The van der Waals surface area contributed by atoms with E-state index in [1.165, 1.54) is 0 Å². The van der Waals surface area contributed by atoms with Gasteiger partial charge < -0.3 is 10.4 Å². The van der Waals surface area contributed by atoms with Gasteiger partial charge in [-0.25, -0.2) is 13.2 Å². The van der Waals surface area contributed by atoms with Crippen molar-refractivity contribution in [3.05, 3.63) is 0 Å². The third-order valence-electron chi connectivity index (χ3n) is 3.19. The first-order valence-electron chi connectivity index (χ1n) is 6.81. The highest BCUT2D eigenvalue weighted by Gasteiger charge is 2.24. The molecule has 0 saturated carbocycles. The van der Waals surface area contributed by atoms with Crippen molar-refractivity contribution in [2.24, 2.45) is 0 Å². The molecule has 9 heteroatoms. The average molecular weight is 320 g/mol. The van der Waals surface area contributed by atoms with Gasteiger partial charge in [-0.1, -0.05) is 0 Å². The van der Waals surface area contributed by atoms with E-state index in [4.69, 9.17) is 5.11 Å². The van der Waals surface area contributed by atoms with Crippen LogP contribution in [0.5, 0.6) is 0 Å². The number of carbonyl (C=O) groups excluding carboxylic acids is 2. The molecule has 1 fully saturated rings. The number of amides is 3. The van der Waals surface area contributed by atoms with Gasteiger partial charge in [0.15, 0.2) is 0 Å². The van der Waals surface area contributed by atoms with Crippen LogP contribution in [0.1, 0.15) is 38.5 Å². The van der Waals surface area contributed by atoms with Crippen molar-refractivity contribution in [3.8, 4) is 0 Å². The van der Waals surface area contributed by atoms with Crippen LogP contribution in [0.25, 0.3) is 0 Å². The lowest BCUT2D eigenvalue weighted by atomic mass is 10.1. The Labute approximate surface area is 123 Å². The standard InChI is InChI=1S/C12H20N2O6S/c15-10(3-1-2-4-11(16)17)14-12(18)13-9-5-7-21(19,20)8-6-9/h9H,1-8H2,(H,16,17)(H2,13,14,15,18). The van der Waals surface area contributed by atoms with Crippen LogP contribution in [0.15, 0.2) is 0 Å². The minimum absolute atomic E-state index is 0.00394. The van der Waals surface area contributed by atoms with Crippen molar-refractivity contribution in [2.45, 2.75) is 44.6 Å². The minimum Gasteiger partial charge on any atom is -0.481 e. The molecule has 1 heterocycles. The van der Waals surface area contributed by atoms with Crippen molar-refractivity contribution in [1.82, 2.24) is 10.6 Å². The highest BCUT2D eigenvalue weighted by molar-refractivity contribution is 7.91. The van der Waals surface area contributed by atoms with Crippen molar-refractivity contribution >= 4 is 27.7 Å². The summed E-state index contributed by atoms with van der Waals surface area (Å²) in [5.41, 5.74) is 0. The maximum atomic E-state index is 11.5. The van der Waals surface area contributed by atoms with Crippen molar-refractivity contribution in [3.63, 3.8) is 0 Å². The molecule has 0 aromatic carbocycles. The lowest BCUT2D eigenvalue weighted by Gasteiger charge is -2.22. The SMILES string of the molecule is O=C(O)CCCCC(=O)NC(=O)NC1CCS(=O)(=O)CC1. The van der Waals surface area contributed by atoms with Crippen LogP contribution >= 0.6 is 0 Å². The number of imide groups is 1. The van der Waals surface area contributed by atoms with E-state index in [1.807, 2.05) is 0 Å². The number of sulfone groups is 1. The Balaban J connectivity index is 2.18. The molecule has 3 amide bonds. The third kappa shape index (κ3) is 7.64. The highest BCUT2D eigenvalue weighted by atomic mass is 32.2. The second-order valence-corrected chi connectivity index (χ2v) is 7.35. The molecule has 0 aliphatic carbocycles. The fourth-order valence-corrected chi connectivity index (χ4v) is 3.50. The maximum absolute atomic E-state index is 11.5. The molecule has 21 heavy (non-hydrogen) atoms. The number of hydrogen-bond acceptors (Lipinski definition) is 5. The molecular formula is C12H20N2O6S. The van der Waals surface area contributed by atoms with Gasteiger partial charge >= 0.3 is 12.0 Å². The molecule has 0 aromatic rings. The quantitative estimate of drug-likeness (QED) is 0.592. The zero-order valence-corrected chi connectivity index (χ0v) is 12.4. The van der Waals surface area contributed by atoms with E-state index < -0.39 is 27.7 Å². The largest absolute Gasteiger partial charge is 0.481 e. The number of carboxylic acids is 1. The van der Waals surface area contributed by atoms with Crippen LogP contribution in [0.3, 0.4) is 0 Å². The van der Waals surface area contributed by atoms with E-state index >= 15 is 0 Å². The molecule has 0 unspecified atom stereocenters. The van der Waals surface area contributed by atoms with E-state index in [0.717, 1.165) is 0 Å². The molecule has 0 bridgehead atoms. The van der Waals surface area contributed by atoms with Gasteiger partial charge in [0.05, 0.1) is 11.5 Å². The number of nitrogens with one attached hydrogen (secondary N) is 2. The molecule has 8 nitrogen and oxygen atoms in total. The predicted molar refractivity (Wildman–Crippen MR) is 74.5 cm³/mol. The predicted octanol–water partition coefficient (Wildman–Crippen LogP) is 0.0344. The van der Waals surface area contributed by atoms with Crippen LogP contribution < -0.4 is 10.6 Å². The molecule has 120 valence electrons. The summed E-state index contributed by atoms with van der Waals surface area (Å²) >= 11 is 0. The molecule has 1 saturated heterocycles. The zero-order chi connectivity index (χ0) is 15.9. The summed E-state index contributed by atoms with van der Waals surface area (Å²) in [5, 5.41) is 13.2. The van der Waals surface area contributed by atoms with E-state index in [2.05, 4.69) is 10.6 Å². The summed E-state index contributed by atoms with van der Waals surface area (Å²) in [6.45, 7) is 0. The molecule has 1 rings (SSSR count). The number of carboxylic acid groups (broad SMARTS) is 1. The Kier molecular flexibility index (Phi) is 6.60. The third-order valence-corrected chi connectivity index (χ3v) is 4.90. The lowest BCUT2D eigenvalue weighted by Crippen LogP contribution is -2.47. The Morgan fingerprint density at radius 1 is 1.05 bits per heavy atom. The normalized spacial score (nSPS) is 17.9. The van der Waals surface area contributed by atoms with Gasteiger partial charge in [0.2, 0.25) is 5.91 Å². The smallest absolute Gasteiger partial charge is 0.321 e. The van der Waals surface area contributed by atoms with E-state index in [0.29, 0.717) is 25.7 Å². The topological polar surface area (TPSA) is 130 Å². The van der Waals surface area contributed by atoms with Gasteiger partial charge in [-0.3, -0.25) is 14.9 Å². The van der Waals surface area contributed by atoms with E-state index in [9.17, 15) is 22.8 Å². The van der Waals surface area contributed by atoms with Crippen LogP contribution in [-0.2, 0) is 19.4 Å². The first-order valence-corrected chi connectivity index (χ1v) is 8.63. The van der Waals surface area contributed by atoms with Gasteiger partial charge in [0.25, 0.3) is 0 Å². The summed E-state index contributed by atoms with van der Waals surface area (Å²) in [6.07, 6.45) is 1.55. The first-order chi connectivity index (χ1) is 9.78. The number of hydrogen-bond donors (Lipinski definition) is 3. The maximum Gasteiger partial charge on any atom is 0.321 e. The Hall–Kier alpha value is -1.64. The lowest BCUT2D eigenvalue weighted by molar-refractivity contribution is -0.137. The number of rotatable bonds is 6. The van der Waals surface area contributed by atoms with Crippen LogP contribution in [0.2, 0.25) is 0 Å². The number of carbonyl (C=O) groups is 3. The highest BCUT2D eigenvalue weighted by Crippen LogP contribution is 2.11. The van der Waals surface area contributed by atoms with Gasteiger partial charge in [-0.2, -0.15) is 0 Å². The molecular weight excluding hydrogens is 300 g/mol. The van der Waals surface area contributed by atoms with Gasteiger partial charge in [0.1, 0.15) is 9.84 Å². The summed E-state index contributed by atoms with van der Waals surface area (Å²) in [5.74, 6) is -1.30. The summed E-state index contributed by atoms with van der Waals surface area (Å²) < 4.78 is 22.5. The number of unbranched alkanes of at least 4 members (excludes halogenated alkanes) is 1. The monoisotopic (exact) mass is 320 g/mol. The molecule has 0 aromatic heterocycles. The molecule has 1 aliphatic rings. The number of urea groups is 1. The Bertz CT molecular complexity index is 488. The zero-order valence-electron chi connectivity index (χ0n) is 11.6. The summed E-state index contributed by atoms with van der Waals surface area (Å²) in [6, 6.07) is -0.879. The minimum atomic E-state index is -2.98. The second kappa shape index (κ2) is 7.96.